The first-order chi connectivity index (χ1) is 14.2. The summed E-state index contributed by atoms with van der Waals surface area (Å²) in [4.78, 5) is 30.1. The Morgan fingerprint density at radius 2 is 1.86 bits per heavy atom. The van der Waals surface area contributed by atoms with Crippen LogP contribution in [0.15, 0.2) is 60.8 Å². The van der Waals surface area contributed by atoms with Crippen LogP contribution in [0.1, 0.15) is 32.9 Å². The molecule has 0 unspecified atom stereocenters. The van der Waals surface area contributed by atoms with Gasteiger partial charge in [-0.2, -0.15) is 0 Å². The summed E-state index contributed by atoms with van der Waals surface area (Å²) in [7, 11) is 0. The predicted octanol–water partition coefficient (Wildman–Crippen LogP) is 3.97. The van der Waals surface area contributed by atoms with Crippen molar-refractivity contribution < 1.29 is 14.3 Å². The number of nitrogens with one attached hydrogen (secondary N) is 2. The van der Waals surface area contributed by atoms with E-state index in [2.05, 4.69) is 15.6 Å². The van der Waals surface area contributed by atoms with Crippen molar-refractivity contribution in [3.05, 3.63) is 71.2 Å². The van der Waals surface area contributed by atoms with Crippen molar-refractivity contribution in [3.8, 4) is 10.6 Å². The molecule has 2 aromatic carbocycles. The lowest BCUT2D eigenvalue weighted by atomic mass is 10.1. The SMILES string of the molecule is O=C(Nc1ccccc1C(=O)NC[C@H]1CCCO1)c1cnc(-c2ccccc2)s1. The lowest BCUT2D eigenvalue weighted by Gasteiger charge is -2.13. The van der Waals surface area contributed by atoms with Crippen LogP contribution in [0.5, 0.6) is 0 Å². The van der Waals surface area contributed by atoms with Crippen LogP contribution in [0.25, 0.3) is 10.6 Å². The van der Waals surface area contributed by atoms with E-state index in [0.717, 1.165) is 30.0 Å². The van der Waals surface area contributed by atoms with Gasteiger partial charge in [-0.25, -0.2) is 4.98 Å². The molecule has 4 rings (SSSR count). The molecule has 2 amide bonds. The molecule has 0 radical (unpaired) electrons. The van der Waals surface area contributed by atoms with E-state index < -0.39 is 0 Å². The van der Waals surface area contributed by atoms with Crippen molar-refractivity contribution >= 4 is 28.8 Å². The monoisotopic (exact) mass is 407 g/mol. The number of ether oxygens (including phenoxy) is 1. The number of para-hydroxylation sites is 1. The minimum absolute atomic E-state index is 0.0642. The van der Waals surface area contributed by atoms with Gasteiger partial charge in [0.1, 0.15) is 9.88 Å². The van der Waals surface area contributed by atoms with Gasteiger partial charge >= 0.3 is 0 Å². The first-order valence-electron chi connectivity index (χ1n) is 9.52. The first kappa shape index (κ1) is 19.3. The maximum absolute atomic E-state index is 12.7. The molecular weight excluding hydrogens is 386 g/mol. The summed E-state index contributed by atoms with van der Waals surface area (Å²) in [5.41, 5.74) is 1.86. The number of carbonyl (C=O) groups excluding carboxylic acids is 2. The van der Waals surface area contributed by atoms with E-state index in [9.17, 15) is 9.59 Å². The highest BCUT2D eigenvalue weighted by Crippen LogP contribution is 2.26. The highest BCUT2D eigenvalue weighted by atomic mass is 32.1. The summed E-state index contributed by atoms with van der Waals surface area (Å²) in [6, 6.07) is 16.7. The second kappa shape index (κ2) is 8.98. The Bertz CT molecular complexity index is 997. The molecule has 3 aromatic rings. The molecule has 7 heteroatoms. The number of aromatic nitrogens is 1. The van der Waals surface area contributed by atoms with Crippen LogP contribution in [0.2, 0.25) is 0 Å². The molecule has 0 aliphatic carbocycles. The lowest BCUT2D eigenvalue weighted by molar-refractivity contribution is 0.0858. The van der Waals surface area contributed by atoms with Gasteiger partial charge in [-0.3, -0.25) is 9.59 Å². The maximum Gasteiger partial charge on any atom is 0.267 e. The second-order valence-corrected chi connectivity index (χ2v) is 7.77. The van der Waals surface area contributed by atoms with Crippen LogP contribution in [-0.2, 0) is 4.74 Å². The number of rotatable bonds is 6. The predicted molar refractivity (Wildman–Crippen MR) is 113 cm³/mol. The van der Waals surface area contributed by atoms with Crippen molar-refractivity contribution in [2.75, 3.05) is 18.5 Å². The number of hydrogen-bond donors (Lipinski definition) is 2. The number of amides is 2. The van der Waals surface area contributed by atoms with E-state index >= 15 is 0 Å². The molecule has 1 saturated heterocycles. The standard InChI is InChI=1S/C22H21N3O3S/c26-20(23-13-16-9-6-12-28-16)17-10-4-5-11-18(17)25-21(27)19-14-24-22(29-19)15-7-2-1-3-8-15/h1-5,7-8,10-11,14,16H,6,9,12-13H2,(H,23,26)(H,25,27)/t16-/m1/s1. The van der Waals surface area contributed by atoms with Gasteiger partial charge < -0.3 is 15.4 Å². The zero-order valence-corrected chi connectivity index (χ0v) is 16.6. The Balaban J connectivity index is 1.44. The summed E-state index contributed by atoms with van der Waals surface area (Å²) in [6.45, 7) is 1.21. The van der Waals surface area contributed by atoms with E-state index in [-0.39, 0.29) is 17.9 Å². The second-order valence-electron chi connectivity index (χ2n) is 6.74. The van der Waals surface area contributed by atoms with Crippen LogP contribution in [0.3, 0.4) is 0 Å². The molecule has 29 heavy (non-hydrogen) atoms. The molecule has 1 atom stereocenters. The molecular formula is C22H21N3O3S. The zero-order chi connectivity index (χ0) is 20.1. The van der Waals surface area contributed by atoms with E-state index in [1.54, 1.807) is 30.5 Å². The average molecular weight is 407 g/mol. The highest BCUT2D eigenvalue weighted by Gasteiger charge is 2.19. The van der Waals surface area contributed by atoms with Gasteiger partial charge in [-0.15, -0.1) is 11.3 Å². The summed E-state index contributed by atoms with van der Waals surface area (Å²) >= 11 is 1.31. The molecule has 0 spiro atoms. The van der Waals surface area contributed by atoms with Gasteiger partial charge in [0.05, 0.1) is 23.6 Å². The maximum atomic E-state index is 12.7. The van der Waals surface area contributed by atoms with Crippen molar-refractivity contribution in [1.82, 2.24) is 10.3 Å². The minimum Gasteiger partial charge on any atom is -0.376 e. The molecule has 1 aromatic heterocycles. The molecule has 2 N–H and O–H groups in total. The van der Waals surface area contributed by atoms with E-state index in [1.165, 1.54) is 11.3 Å². The van der Waals surface area contributed by atoms with Gasteiger partial charge in [-0.05, 0) is 25.0 Å². The number of benzene rings is 2. The Labute approximate surface area is 172 Å². The fourth-order valence-electron chi connectivity index (χ4n) is 3.17. The summed E-state index contributed by atoms with van der Waals surface area (Å²) < 4.78 is 5.54. The van der Waals surface area contributed by atoms with Crippen LogP contribution in [0.4, 0.5) is 5.69 Å². The number of nitrogens with zero attached hydrogens (tertiary/aromatic N) is 1. The van der Waals surface area contributed by atoms with Crippen LogP contribution in [-0.4, -0.2) is 36.1 Å². The largest absolute Gasteiger partial charge is 0.376 e. The Hall–Kier alpha value is -3.03. The number of thiazole rings is 1. The quantitative estimate of drug-likeness (QED) is 0.648. The number of hydrogen-bond acceptors (Lipinski definition) is 5. The molecule has 1 aliphatic rings. The molecule has 2 heterocycles. The van der Waals surface area contributed by atoms with Crippen molar-refractivity contribution in [2.24, 2.45) is 0 Å². The third kappa shape index (κ3) is 4.70. The normalized spacial score (nSPS) is 15.8. The van der Waals surface area contributed by atoms with Gasteiger partial charge in [0, 0.05) is 18.7 Å². The topological polar surface area (TPSA) is 80.3 Å². The molecule has 0 bridgehead atoms. The lowest BCUT2D eigenvalue weighted by Crippen LogP contribution is -2.32. The number of carbonyl (C=O) groups is 2. The van der Waals surface area contributed by atoms with Crippen LogP contribution in [0, 0.1) is 0 Å². The van der Waals surface area contributed by atoms with E-state index in [0.29, 0.717) is 22.7 Å². The first-order valence-corrected chi connectivity index (χ1v) is 10.3. The molecule has 6 nitrogen and oxygen atoms in total. The summed E-state index contributed by atoms with van der Waals surface area (Å²) in [6.07, 6.45) is 3.60. The smallest absolute Gasteiger partial charge is 0.267 e. The van der Waals surface area contributed by atoms with Gasteiger partial charge in [0.15, 0.2) is 0 Å². The highest BCUT2D eigenvalue weighted by molar-refractivity contribution is 7.17. The summed E-state index contributed by atoms with van der Waals surface area (Å²) in [5.74, 6) is -0.519. The third-order valence-electron chi connectivity index (χ3n) is 4.68. The minimum atomic E-state index is -0.288. The van der Waals surface area contributed by atoms with Crippen LogP contribution >= 0.6 is 11.3 Å². The fraction of sp³-hybridized carbons (Fsp3) is 0.227. The Morgan fingerprint density at radius 3 is 2.66 bits per heavy atom. The van der Waals surface area contributed by atoms with Crippen molar-refractivity contribution in [2.45, 2.75) is 18.9 Å². The van der Waals surface area contributed by atoms with Gasteiger partial charge in [0.2, 0.25) is 0 Å². The Kier molecular flexibility index (Phi) is 5.97. The van der Waals surface area contributed by atoms with Gasteiger partial charge in [-0.1, -0.05) is 42.5 Å². The molecule has 148 valence electrons. The summed E-state index contributed by atoms with van der Waals surface area (Å²) in [5, 5.41) is 6.51. The third-order valence-corrected chi connectivity index (χ3v) is 5.73. The van der Waals surface area contributed by atoms with Gasteiger partial charge in [0.25, 0.3) is 11.8 Å². The molecule has 1 fully saturated rings. The van der Waals surface area contributed by atoms with E-state index in [4.69, 9.17) is 4.74 Å². The Morgan fingerprint density at radius 1 is 1.07 bits per heavy atom. The zero-order valence-electron chi connectivity index (χ0n) is 15.8. The average Bonchev–Trinajstić information content (AvgIpc) is 3.45. The molecule has 1 aliphatic heterocycles. The number of anilines is 1. The molecule has 0 saturated carbocycles. The fourth-order valence-corrected chi connectivity index (χ4v) is 3.99. The van der Waals surface area contributed by atoms with Crippen LogP contribution < -0.4 is 10.6 Å². The van der Waals surface area contributed by atoms with Crippen molar-refractivity contribution in [3.63, 3.8) is 0 Å². The van der Waals surface area contributed by atoms with Crippen molar-refractivity contribution in [1.29, 1.82) is 0 Å². The van der Waals surface area contributed by atoms with E-state index in [1.807, 2.05) is 30.3 Å².